The number of rotatable bonds is 6. The van der Waals surface area contributed by atoms with Crippen molar-refractivity contribution >= 4 is 39.4 Å². The first-order chi connectivity index (χ1) is 18.3. The summed E-state index contributed by atoms with van der Waals surface area (Å²) in [4.78, 5) is 53.9. The zero-order valence-electron chi connectivity index (χ0n) is 21.4. The molecule has 1 saturated heterocycles. The fraction of sp³-hybridized carbons (Fsp3) is 0.276. The van der Waals surface area contributed by atoms with Gasteiger partial charge in [-0.05, 0) is 18.9 Å². The molecule has 2 amide bonds. The second kappa shape index (κ2) is 10.2. The van der Waals surface area contributed by atoms with Crippen LogP contribution in [0.1, 0.15) is 33.7 Å². The lowest BCUT2D eigenvalue weighted by molar-refractivity contribution is -0.127. The summed E-state index contributed by atoms with van der Waals surface area (Å²) in [6.45, 7) is 4.31. The number of nitrogens with zero attached hydrogens (tertiary/aromatic N) is 3. The summed E-state index contributed by atoms with van der Waals surface area (Å²) in [5.74, 6) is -0.730. The number of pyridine rings is 1. The van der Waals surface area contributed by atoms with Crippen LogP contribution in [0, 0.1) is 6.92 Å². The number of benzene rings is 2. The molecule has 1 aliphatic rings. The predicted molar refractivity (Wildman–Crippen MR) is 144 cm³/mol. The average molecular weight is 514 g/mol. The molecule has 9 heteroatoms. The van der Waals surface area contributed by atoms with Crippen molar-refractivity contribution in [2.24, 2.45) is 7.05 Å². The standard InChI is InChI=1S/C29H29N4O5/c1-18(34)32-15-9-12-20(16-32)30-28(36)26-27(38-3)24-25(31(26)2)21-13-7-8-14-22(21)33(29(24)37)17-23(35)19-10-5-4-6-11-19/h4-8,10-11,13-14,20H,1,9,12,15-17H2,2-3H3,(H,30,36). The van der Waals surface area contributed by atoms with E-state index in [2.05, 4.69) is 12.2 Å². The lowest BCUT2D eigenvalue weighted by atomic mass is 10.1. The third-order valence-electron chi connectivity index (χ3n) is 7.18. The second-order valence-corrected chi connectivity index (χ2v) is 9.51. The first-order valence-electron chi connectivity index (χ1n) is 12.5. The molecule has 1 atom stereocenters. The van der Waals surface area contributed by atoms with Crippen LogP contribution in [0.2, 0.25) is 0 Å². The Bertz CT molecular complexity index is 1620. The van der Waals surface area contributed by atoms with Crippen molar-refractivity contribution in [2.45, 2.75) is 25.4 Å². The summed E-state index contributed by atoms with van der Waals surface area (Å²) in [6, 6.07) is 15.9. The molecule has 1 N–H and O–H groups in total. The molecule has 3 heterocycles. The fourth-order valence-corrected chi connectivity index (χ4v) is 5.37. The second-order valence-electron chi connectivity index (χ2n) is 9.51. The molecule has 1 aliphatic heterocycles. The molecule has 38 heavy (non-hydrogen) atoms. The summed E-state index contributed by atoms with van der Waals surface area (Å²) < 4.78 is 8.78. The number of amides is 2. The van der Waals surface area contributed by atoms with Crippen molar-refractivity contribution < 1.29 is 19.1 Å². The summed E-state index contributed by atoms with van der Waals surface area (Å²) >= 11 is 0. The van der Waals surface area contributed by atoms with E-state index in [4.69, 9.17) is 4.74 Å². The van der Waals surface area contributed by atoms with Gasteiger partial charge in [0.05, 0.1) is 24.7 Å². The predicted octanol–water partition coefficient (Wildman–Crippen LogP) is 2.94. The number of aromatic nitrogens is 2. The van der Waals surface area contributed by atoms with Crippen LogP contribution in [0.25, 0.3) is 21.8 Å². The van der Waals surface area contributed by atoms with Crippen LogP contribution in [0.3, 0.4) is 0 Å². The summed E-state index contributed by atoms with van der Waals surface area (Å²) in [5.41, 5.74) is 1.43. The fourth-order valence-electron chi connectivity index (χ4n) is 5.37. The number of fused-ring (bicyclic) bond motifs is 3. The van der Waals surface area contributed by atoms with Crippen LogP contribution >= 0.6 is 0 Å². The number of hydrogen-bond acceptors (Lipinski definition) is 5. The SMILES string of the molecule is [CH2]C(=O)N1CCCC(NC(=O)c2c(OC)c3c(=O)n(CC(=O)c4ccccc4)c4ccccc4c3n2C)C1. The number of carbonyl (C=O) groups is 3. The van der Waals surface area contributed by atoms with Crippen molar-refractivity contribution in [1.29, 1.82) is 0 Å². The zero-order chi connectivity index (χ0) is 27.0. The number of methoxy groups -OCH3 is 1. The van der Waals surface area contributed by atoms with E-state index < -0.39 is 11.5 Å². The highest BCUT2D eigenvalue weighted by Crippen LogP contribution is 2.34. The number of ketones is 1. The van der Waals surface area contributed by atoms with Crippen LogP contribution < -0.4 is 15.6 Å². The first-order valence-corrected chi connectivity index (χ1v) is 12.5. The molecule has 2 aromatic carbocycles. The van der Waals surface area contributed by atoms with Crippen molar-refractivity contribution in [1.82, 2.24) is 19.4 Å². The van der Waals surface area contributed by atoms with Gasteiger partial charge in [0.15, 0.2) is 17.2 Å². The number of carbonyl (C=O) groups excluding carboxylic acids is 3. The molecule has 0 saturated carbocycles. The van der Waals surface area contributed by atoms with Gasteiger partial charge in [0, 0.05) is 44.1 Å². The molecule has 0 aliphatic carbocycles. The molecule has 9 nitrogen and oxygen atoms in total. The molecule has 4 aromatic rings. The van der Waals surface area contributed by atoms with Gasteiger partial charge in [-0.2, -0.15) is 0 Å². The summed E-state index contributed by atoms with van der Waals surface area (Å²) in [7, 11) is 3.14. The molecular formula is C29H29N4O5. The van der Waals surface area contributed by atoms with Crippen molar-refractivity contribution in [3.8, 4) is 5.75 Å². The van der Waals surface area contributed by atoms with E-state index in [1.165, 1.54) is 11.7 Å². The van der Waals surface area contributed by atoms with Gasteiger partial charge < -0.3 is 19.5 Å². The Balaban J connectivity index is 1.63. The maximum atomic E-state index is 13.9. The van der Waals surface area contributed by atoms with Gasteiger partial charge in [0.25, 0.3) is 11.5 Å². The first kappa shape index (κ1) is 25.3. The molecular weight excluding hydrogens is 484 g/mol. The van der Waals surface area contributed by atoms with Gasteiger partial charge in [0.1, 0.15) is 5.39 Å². The monoisotopic (exact) mass is 513 g/mol. The van der Waals surface area contributed by atoms with Crippen molar-refractivity contribution in [2.75, 3.05) is 20.2 Å². The number of likely N-dealkylation sites (tertiary alicyclic amines) is 1. The van der Waals surface area contributed by atoms with Crippen LogP contribution in [-0.4, -0.2) is 57.9 Å². The van der Waals surface area contributed by atoms with Gasteiger partial charge in [0.2, 0.25) is 5.91 Å². The number of Topliss-reactive ketones (excluding diaryl/α,β-unsaturated/α-hetero) is 1. The van der Waals surface area contributed by atoms with Gasteiger partial charge in [-0.3, -0.25) is 23.7 Å². The topological polar surface area (TPSA) is 103 Å². The molecule has 0 bridgehead atoms. The lowest BCUT2D eigenvalue weighted by Crippen LogP contribution is -2.49. The lowest BCUT2D eigenvalue weighted by Gasteiger charge is -2.32. The maximum absolute atomic E-state index is 13.9. The van der Waals surface area contributed by atoms with Crippen molar-refractivity contribution in [3.05, 3.63) is 83.1 Å². The number of nitrogens with one attached hydrogen (secondary N) is 1. The Morgan fingerprint density at radius 1 is 1.08 bits per heavy atom. The van der Waals surface area contributed by atoms with Gasteiger partial charge >= 0.3 is 0 Å². The normalized spacial score (nSPS) is 15.6. The minimum absolute atomic E-state index is 0.151. The molecule has 1 unspecified atom stereocenters. The van der Waals surface area contributed by atoms with Gasteiger partial charge in [-0.15, -0.1) is 0 Å². The van der Waals surface area contributed by atoms with Crippen LogP contribution in [0.5, 0.6) is 5.75 Å². The summed E-state index contributed by atoms with van der Waals surface area (Å²) in [5, 5.41) is 3.96. The zero-order valence-corrected chi connectivity index (χ0v) is 21.4. The quantitative estimate of drug-likeness (QED) is 0.400. The van der Waals surface area contributed by atoms with E-state index >= 15 is 0 Å². The smallest absolute Gasteiger partial charge is 0.272 e. The van der Waals surface area contributed by atoms with E-state index in [1.54, 1.807) is 46.8 Å². The van der Waals surface area contributed by atoms with E-state index in [9.17, 15) is 19.2 Å². The Hall–Kier alpha value is -4.40. The number of ether oxygens (including phenoxy) is 1. The number of aryl methyl sites for hydroxylation is 1. The van der Waals surface area contributed by atoms with E-state index in [0.717, 1.165) is 12.8 Å². The largest absolute Gasteiger partial charge is 0.493 e. The van der Waals surface area contributed by atoms with Gasteiger partial charge in [-0.1, -0.05) is 48.5 Å². The number of piperidine rings is 1. The van der Waals surface area contributed by atoms with Crippen LogP contribution in [0.15, 0.2) is 59.4 Å². The maximum Gasteiger partial charge on any atom is 0.272 e. The minimum Gasteiger partial charge on any atom is -0.493 e. The molecule has 1 fully saturated rings. The Labute approximate surface area is 219 Å². The van der Waals surface area contributed by atoms with E-state index in [0.29, 0.717) is 35.1 Å². The number of hydrogen-bond donors (Lipinski definition) is 1. The molecule has 195 valence electrons. The highest BCUT2D eigenvalue weighted by atomic mass is 16.5. The van der Waals surface area contributed by atoms with Crippen molar-refractivity contribution in [3.63, 3.8) is 0 Å². The van der Waals surface area contributed by atoms with Crippen LogP contribution in [0.4, 0.5) is 0 Å². The van der Waals surface area contributed by atoms with E-state index in [1.807, 2.05) is 24.3 Å². The Kier molecular flexibility index (Phi) is 6.75. The highest BCUT2D eigenvalue weighted by molar-refractivity contribution is 6.12. The van der Waals surface area contributed by atoms with Crippen LogP contribution in [-0.2, 0) is 18.4 Å². The molecule has 1 radical (unpaired) electrons. The minimum atomic E-state index is -0.416. The Morgan fingerprint density at radius 2 is 1.79 bits per heavy atom. The third-order valence-corrected chi connectivity index (χ3v) is 7.18. The summed E-state index contributed by atoms with van der Waals surface area (Å²) in [6.07, 6.45) is 1.47. The van der Waals surface area contributed by atoms with E-state index in [-0.39, 0.29) is 41.1 Å². The third kappa shape index (κ3) is 4.34. The molecule has 2 aromatic heterocycles. The number of para-hydroxylation sites is 1. The average Bonchev–Trinajstić information content (AvgIpc) is 3.24. The van der Waals surface area contributed by atoms with Gasteiger partial charge in [-0.25, -0.2) is 0 Å². The molecule has 5 rings (SSSR count). The Morgan fingerprint density at radius 3 is 2.50 bits per heavy atom. The highest BCUT2D eigenvalue weighted by Gasteiger charge is 2.30. The molecule has 0 spiro atoms.